The fourth-order valence-corrected chi connectivity index (χ4v) is 6.97. The van der Waals surface area contributed by atoms with Crippen LogP contribution in [0.1, 0.15) is 77.1 Å². The van der Waals surface area contributed by atoms with Gasteiger partial charge in [-0.05, 0) is 82.3 Å². The number of imidazole rings is 1. The molecule has 0 radical (unpaired) electrons. The van der Waals surface area contributed by atoms with E-state index in [1.54, 1.807) is 43.5 Å². The number of methoxy groups -OCH3 is 1. The van der Waals surface area contributed by atoms with E-state index in [4.69, 9.17) is 10.8 Å². The second kappa shape index (κ2) is 26.0. The molecule has 406 valence electrons. The number of carbonyl (C=O) groups is 4. The number of rotatable bonds is 12. The van der Waals surface area contributed by atoms with Crippen LogP contribution in [0.4, 0.5) is 50.9 Å². The molecule has 75 heavy (non-hydrogen) atoms. The Labute approximate surface area is 429 Å². The Morgan fingerprint density at radius 3 is 1.71 bits per heavy atom. The Balaban J connectivity index is 0.000000346. The number of anilines is 2. The van der Waals surface area contributed by atoms with Crippen LogP contribution in [0, 0.1) is 41.8 Å². The first-order valence-corrected chi connectivity index (χ1v) is 22.6. The zero-order valence-corrected chi connectivity index (χ0v) is 42.8. The number of benzene rings is 3. The van der Waals surface area contributed by atoms with Gasteiger partial charge in [-0.3, -0.25) is 14.2 Å². The van der Waals surface area contributed by atoms with E-state index in [-0.39, 0.29) is 28.2 Å². The van der Waals surface area contributed by atoms with Gasteiger partial charge in [0.05, 0.1) is 12.7 Å². The molecule has 0 unspecified atom stereocenters. The van der Waals surface area contributed by atoms with Gasteiger partial charge in [0.2, 0.25) is 0 Å². The molecule has 0 bridgehead atoms. The van der Waals surface area contributed by atoms with Crippen LogP contribution < -0.4 is 32.9 Å². The zero-order valence-electron chi connectivity index (χ0n) is 41.2. The minimum Gasteiger partial charge on any atom is -0.480 e. The second-order valence-corrected chi connectivity index (χ2v) is 17.6. The summed E-state index contributed by atoms with van der Waals surface area (Å²) in [5.41, 5.74) is 2.76. The van der Waals surface area contributed by atoms with Crippen LogP contribution in [0.5, 0.6) is 0 Å². The Bertz CT molecular complexity index is 3140. The summed E-state index contributed by atoms with van der Waals surface area (Å²) >= 11 is 2.89. The Morgan fingerprint density at radius 2 is 1.25 bits per heavy atom. The van der Waals surface area contributed by atoms with Gasteiger partial charge in [0.1, 0.15) is 69.3 Å². The number of esters is 1. The minimum absolute atomic E-state index is 0.109. The molecule has 17 nitrogen and oxygen atoms in total. The molecule has 0 aliphatic rings. The van der Waals surface area contributed by atoms with Crippen LogP contribution in [-0.4, -0.2) is 90.0 Å². The fraction of sp³-hybridized carbons (Fsp3) is 0.312. The van der Waals surface area contributed by atoms with Crippen LogP contribution >= 0.6 is 15.9 Å². The highest BCUT2D eigenvalue weighted by molar-refractivity contribution is 9.10. The third kappa shape index (κ3) is 15.9. The number of aliphatic carboxylic acids is 1. The molecule has 1 amide bonds. The smallest absolute Gasteiger partial charge is 0.408 e. The number of hydrogen-bond acceptors (Lipinski definition) is 11. The monoisotopic (exact) mass is 1130 g/mol. The van der Waals surface area contributed by atoms with Crippen LogP contribution in [0.2, 0.25) is 0 Å². The number of alkyl halides is 3. The first-order chi connectivity index (χ1) is 34.7. The predicted molar refractivity (Wildman–Crippen MR) is 261 cm³/mol. The van der Waals surface area contributed by atoms with Crippen LogP contribution in [0.3, 0.4) is 0 Å². The van der Waals surface area contributed by atoms with Gasteiger partial charge < -0.3 is 45.6 Å². The number of carboxylic acids is 2. The molecule has 2 atom stereocenters. The third-order valence-corrected chi connectivity index (χ3v) is 10.6. The number of ether oxygens (including phenoxy) is 1. The van der Waals surface area contributed by atoms with E-state index in [0.717, 1.165) is 42.9 Å². The number of halogens is 10. The van der Waals surface area contributed by atoms with Crippen LogP contribution in [0.15, 0.2) is 75.0 Å². The van der Waals surface area contributed by atoms with E-state index < -0.39 is 111 Å². The zero-order chi connectivity index (χ0) is 57.1. The maximum atomic E-state index is 14.7. The van der Waals surface area contributed by atoms with Crippen molar-refractivity contribution in [2.45, 2.75) is 78.3 Å². The molecule has 6 rings (SSSR count). The van der Waals surface area contributed by atoms with Crippen molar-refractivity contribution in [2.75, 3.05) is 17.7 Å². The number of fused-ring (bicyclic) bond motifs is 1. The number of aromatic carboxylic acids is 1. The number of carboxylic acid groups (broad SMARTS) is 2. The van der Waals surface area contributed by atoms with Crippen molar-refractivity contribution < 1.29 is 73.6 Å². The van der Waals surface area contributed by atoms with Gasteiger partial charge >= 0.3 is 29.8 Å². The molecular weight excluding hydrogens is 1080 g/mol. The average Bonchev–Trinajstić information content (AvgIpc) is 3.78. The molecule has 0 saturated heterocycles. The number of pyridine rings is 1. The van der Waals surface area contributed by atoms with Gasteiger partial charge in [0, 0.05) is 71.8 Å². The van der Waals surface area contributed by atoms with E-state index in [2.05, 4.69) is 36.3 Å². The summed E-state index contributed by atoms with van der Waals surface area (Å²) in [6, 6.07) is 4.70. The number of nitrogens with two attached hydrogens (primary N) is 1. The Hall–Kier alpha value is -7.68. The number of nitrogens with zero attached hydrogens (tertiary/aromatic N) is 4. The van der Waals surface area contributed by atoms with Crippen molar-refractivity contribution in [1.82, 2.24) is 23.8 Å². The standard InChI is InChI=1S/C27H28F2N6O5.C10H8F5NO2.C8H5BrF2O2.C3H9N/c1-13(2)31-15-10-18(28)22(19(29)11-15)24(36)32-20(26(38)39)12-16-6-7-17(23-30-8-9-35(16)23)21-14(3)33(4)27(40)34(5)25(21)37;1-4(10(13,14)15)16-5-2-6(11)8(9(17)18)7(12)3-5;1-13-8(12)7-5(10)2-4(9)3-6(7)11;1-3(2)4/h6-11,13,20,31H,12H2,1-5H3,(H,32,36)(H,38,39);2-4,16H,1H3,(H,17,18);2-3H,1H3;3H,4H2,1-2H3/t20-;4-;;/m01../s1. The number of aromatic nitrogens is 4. The largest absolute Gasteiger partial charge is 0.480 e. The summed E-state index contributed by atoms with van der Waals surface area (Å²) in [6.07, 6.45) is -1.85. The summed E-state index contributed by atoms with van der Waals surface area (Å²) in [7, 11) is 3.96. The topological polar surface area (TPSA) is 241 Å². The summed E-state index contributed by atoms with van der Waals surface area (Å²) in [5, 5.41) is 25.2. The molecule has 0 spiro atoms. The van der Waals surface area contributed by atoms with Crippen molar-refractivity contribution in [1.29, 1.82) is 0 Å². The van der Waals surface area contributed by atoms with Gasteiger partial charge in [-0.25, -0.2) is 50.5 Å². The molecule has 6 aromatic rings. The Morgan fingerprint density at radius 1 is 0.773 bits per heavy atom. The lowest BCUT2D eigenvalue weighted by Gasteiger charge is -2.18. The molecule has 0 aliphatic heterocycles. The molecule has 0 aliphatic carbocycles. The van der Waals surface area contributed by atoms with Gasteiger partial charge in [-0.15, -0.1) is 0 Å². The maximum Gasteiger partial charge on any atom is 0.408 e. The first kappa shape index (κ1) is 61.6. The van der Waals surface area contributed by atoms with Crippen molar-refractivity contribution >= 4 is 56.8 Å². The normalized spacial score (nSPS) is 11.8. The molecule has 3 heterocycles. The molecule has 3 aromatic carbocycles. The molecular formula is C48H50BrF9N8O9. The summed E-state index contributed by atoms with van der Waals surface area (Å²) < 4.78 is 127. The van der Waals surface area contributed by atoms with Gasteiger partial charge in [0.25, 0.3) is 11.5 Å². The Kier molecular flexibility index (Phi) is 21.4. The number of carbonyl (C=O) groups excluding carboxylic acids is 2. The first-order valence-electron chi connectivity index (χ1n) is 21.8. The predicted octanol–water partition coefficient (Wildman–Crippen LogP) is 8.12. The van der Waals surface area contributed by atoms with E-state index in [9.17, 15) is 73.4 Å². The number of amides is 1. The highest BCUT2D eigenvalue weighted by Gasteiger charge is 2.36. The quantitative estimate of drug-likeness (QED) is 0.0502. The average molecular weight is 1130 g/mol. The molecule has 3 aromatic heterocycles. The molecule has 27 heteroatoms. The van der Waals surface area contributed by atoms with E-state index in [0.29, 0.717) is 40.8 Å². The number of nitrogens with one attached hydrogen (secondary N) is 3. The summed E-state index contributed by atoms with van der Waals surface area (Å²) in [4.78, 5) is 75.8. The molecule has 0 fully saturated rings. The van der Waals surface area contributed by atoms with Crippen LogP contribution in [0.25, 0.3) is 16.8 Å². The second-order valence-electron chi connectivity index (χ2n) is 16.7. The fourth-order valence-electron chi connectivity index (χ4n) is 6.56. The van der Waals surface area contributed by atoms with E-state index in [1.165, 1.54) is 24.9 Å². The lowest BCUT2D eigenvalue weighted by Crippen LogP contribution is -2.43. The van der Waals surface area contributed by atoms with Crippen molar-refractivity contribution in [3.63, 3.8) is 0 Å². The SMILES string of the molecule is CC(C)N.COC(=O)c1c(F)cc(Br)cc1F.C[C@@H](Nc1cc(F)c(C(=O)O)c(F)c1)C(F)(F)F.Cc1c(-c2ccc(C[C@H](NC(=O)c3c(F)cc(NC(C)C)cc3F)C(=O)O)n3ccnc23)c(=O)n(C)c(=O)n1C. The maximum absolute atomic E-state index is 14.7. The lowest BCUT2D eigenvalue weighted by molar-refractivity contribution is -0.139. The van der Waals surface area contributed by atoms with E-state index >= 15 is 0 Å². The van der Waals surface area contributed by atoms with Gasteiger partial charge in [-0.2, -0.15) is 13.2 Å². The highest BCUT2D eigenvalue weighted by Crippen LogP contribution is 2.28. The molecule has 7 N–H and O–H groups in total. The summed E-state index contributed by atoms with van der Waals surface area (Å²) in [5.74, 6) is -12.6. The highest BCUT2D eigenvalue weighted by atomic mass is 79.9. The van der Waals surface area contributed by atoms with E-state index in [1.807, 2.05) is 19.2 Å². The van der Waals surface area contributed by atoms with Gasteiger partial charge in [0.15, 0.2) is 0 Å². The lowest BCUT2D eigenvalue weighted by atomic mass is 10.0. The third-order valence-electron chi connectivity index (χ3n) is 10.1. The number of hydrogen-bond donors (Lipinski definition) is 6. The van der Waals surface area contributed by atoms with Crippen molar-refractivity contribution in [3.05, 3.63) is 149 Å². The van der Waals surface area contributed by atoms with Gasteiger partial charge in [-0.1, -0.05) is 29.8 Å². The van der Waals surface area contributed by atoms with Crippen LogP contribution in [-0.2, 0) is 30.0 Å². The minimum atomic E-state index is -4.58. The summed E-state index contributed by atoms with van der Waals surface area (Å²) in [6.45, 7) is 9.84. The van der Waals surface area contributed by atoms with Crippen molar-refractivity contribution in [2.24, 2.45) is 19.8 Å². The van der Waals surface area contributed by atoms with Crippen molar-refractivity contribution in [3.8, 4) is 11.1 Å². The molecule has 0 saturated carbocycles.